The first-order valence-electron chi connectivity index (χ1n) is 10.0. The number of rotatable bonds is 7. The van der Waals surface area contributed by atoms with Gasteiger partial charge in [0, 0.05) is 16.6 Å². The minimum atomic E-state index is -0.896. The van der Waals surface area contributed by atoms with E-state index in [1.165, 1.54) is 4.90 Å². The van der Waals surface area contributed by atoms with E-state index in [0.29, 0.717) is 23.6 Å². The fourth-order valence-electron chi connectivity index (χ4n) is 3.13. The van der Waals surface area contributed by atoms with Crippen molar-refractivity contribution in [2.75, 3.05) is 11.5 Å². The molecule has 1 heterocycles. The molecular weight excluding hydrogens is 412 g/mol. The van der Waals surface area contributed by atoms with E-state index in [0.717, 1.165) is 11.5 Å². The Morgan fingerprint density at radius 3 is 2.32 bits per heavy atom. The van der Waals surface area contributed by atoms with Crippen LogP contribution in [0, 0.1) is 0 Å². The molecule has 162 valence electrons. The lowest BCUT2D eigenvalue weighted by molar-refractivity contribution is -0.123. The van der Waals surface area contributed by atoms with Crippen LogP contribution in [-0.4, -0.2) is 33.5 Å². The van der Waals surface area contributed by atoms with Crippen LogP contribution in [0.5, 0.6) is 5.75 Å². The molecule has 1 atom stereocenters. The maximum absolute atomic E-state index is 13.5. The number of hydrogen-bond acceptors (Lipinski definition) is 6. The summed E-state index contributed by atoms with van der Waals surface area (Å²) in [5.74, 6) is -0.00989. The normalized spacial score (nSPS) is 12.1. The quantitative estimate of drug-likeness (QED) is 0.596. The Morgan fingerprint density at radius 1 is 1.10 bits per heavy atom. The Labute approximate surface area is 186 Å². The summed E-state index contributed by atoms with van der Waals surface area (Å²) in [7, 11) is 0. The molecule has 1 aromatic heterocycles. The van der Waals surface area contributed by atoms with Gasteiger partial charge in [0.15, 0.2) is 5.69 Å². The van der Waals surface area contributed by atoms with Gasteiger partial charge in [0.1, 0.15) is 11.8 Å². The summed E-state index contributed by atoms with van der Waals surface area (Å²) in [6.45, 7) is 8.15. The molecule has 0 aliphatic heterocycles. The molecule has 0 saturated heterocycles. The molecule has 8 heteroatoms. The van der Waals surface area contributed by atoms with E-state index in [2.05, 4.69) is 14.9 Å². The fraction of sp³-hybridized carbons (Fsp3) is 0.304. The molecule has 1 N–H and O–H groups in total. The number of amides is 2. The first kappa shape index (κ1) is 22.4. The molecule has 3 aromatic rings. The fourth-order valence-corrected chi connectivity index (χ4v) is 3.56. The number of carbonyl (C=O) groups is 2. The van der Waals surface area contributed by atoms with Crippen molar-refractivity contribution in [1.29, 1.82) is 0 Å². The maximum atomic E-state index is 13.5. The van der Waals surface area contributed by atoms with Crippen LogP contribution in [0.1, 0.15) is 49.8 Å². The average Bonchev–Trinajstić information content (AvgIpc) is 3.27. The summed E-state index contributed by atoms with van der Waals surface area (Å²) in [4.78, 5) is 28.4. The lowest BCUT2D eigenvalue weighted by atomic mass is 10.0. The second-order valence-corrected chi connectivity index (χ2v) is 8.55. The number of anilines is 1. The smallest absolute Gasteiger partial charge is 0.280 e. The molecule has 0 spiro atoms. The Bertz CT molecular complexity index is 1000. The standard InChI is InChI=1S/C23H26N4O3S/c1-5-30-18-13-11-17(12-14-18)27(22(29)19-15-31-26-25-19)20(16-9-7-6-8-10-16)21(28)24-23(2,3)4/h6-15,20H,5H2,1-4H3,(H,24,28)/t20-/m1/s1. The van der Waals surface area contributed by atoms with Gasteiger partial charge in [0.2, 0.25) is 5.91 Å². The van der Waals surface area contributed by atoms with Crippen LogP contribution in [0.3, 0.4) is 0 Å². The van der Waals surface area contributed by atoms with Crippen molar-refractivity contribution in [2.45, 2.75) is 39.3 Å². The SMILES string of the molecule is CCOc1ccc(N(C(=O)c2csnn2)[C@@H](C(=O)NC(C)(C)C)c2ccccc2)cc1. The zero-order valence-corrected chi connectivity index (χ0v) is 18.8. The third-order valence-corrected chi connectivity index (χ3v) is 4.85. The van der Waals surface area contributed by atoms with E-state index >= 15 is 0 Å². The van der Waals surface area contributed by atoms with Crippen LogP contribution in [0.4, 0.5) is 5.69 Å². The molecule has 2 aromatic carbocycles. The Hall–Kier alpha value is -3.26. The Kier molecular flexibility index (Phi) is 7.02. The largest absolute Gasteiger partial charge is 0.494 e. The van der Waals surface area contributed by atoms with Crippen LogP contribution < -0.4 is 15.0 Å². The zero-order chi connectivity index (χ0) is 22.4. The number of benzene rings is 2. The van der Waals surface area contributed by atoms with E-state index < -0.39 is 17.5 Å². The van der Waals surface area contributed by atoms with Gasteiger partial charge in [-0.05, 0) is 69.1 Å². The van der Waals surface area contributed by atoms with Crippen LogP contribution in [0.25, 0.3) is 0 Å². The molecule has 0 unspecified atom stereocenters. The molecule has 7 nitrogen and oxygen atoms in total. The van der Waals surface area contributed by atoms with Gasteiger partial charge in [-0.2, -0.15) is 0 Å². The molecule has 0 fully saturated rings. The number of nitrogens with one attached hydrogen (secondary N) is 1. The van der Waals surface area contributed by atoms with Crippen molar-refractivity contribution < 1.29 is 14.3 Å². The van der Waals surface area contributed by atoms with Crippen molar-refractivity contribution >= 4 is 29.0 Å². The van der Waals surface area contributed by atoms with Gasteiger partial charge in [-0.25, -0.2) is 0 Å². The Morgan fingerprint density at radius 2 is 1.77 bits per heavy atom. The van der Waals surface area contributed by atoms with E-state index in [1.807, 2.05) is 58.0 Å². The summed E-state index contributed by atoms with van der Waals surface area (Å²) in [5, 5.41) is 8.53. The van der Waals surface area contributed by atoms with E-state index in [-0.39, 0.29) is 11.6 Å². The van der Waals surface area contributed by atoms with Gasteiger partial charge in [-0.15, -0.1) is 5.10 Å². The average molecular weight is 439 g/mol. The molecule has 0 saturated carbocycles. The van der Waals surface area contributed by atoms with Gasteiger partial charge in [-0.3, -0.25) is 14.5 Å². The van der Waals surface area contributed by atoms with Crippen LogP contribution >= 0.6 is 11.5 Å². The van der Waals surface area contributed by atoms with Crippen molar-refractivity contribution in [1.82, 2.24) is 14.9 Å². The van der Waals surface area contributed by atoms with Crippen LogP contribution in [0.15, 0.2) is 60.0 Å². The number of carbonyl (C=O) groups excluding carboxylic acids is 2. The number of aromatic nitrogens is 2. The highest BCUT2D eigenvalue weighted by Crippen LogP contribution is 2.31. The number of hydrogen-bond donors (Lipinski definition) is 1. The highest BCUT2D eigenvalue weighted by molar-refractivity contribution is 7.03. The molecule has 0 aliphatic carbocycles. The summed E-state index contributed by atoms with van der Waals surface area (Å²) < 4.78 is 9.35. The molecule has 2 amide bonds. The first-order chi connectivity index (χ1) is 14.8. The molecular formula is C23H26N4O3S. The third kappa shape index (κ3) is 5.67. The molecule has 0 bridgehead atoms. The number of nitrogens with zero attached hydrogens (tertiary/aromatic N) is 3. The zero-order valence-electron chi connectivity index (χ0n) is 18.0. The first-order valence-corrected chi connectivity index (χ1v) is 10.8. The van der Waals surface area contributed by atoms with E-state index in [9.17, 15) is 9.59 Å². The molecule has 31 heavy (non-hydrogen) atoms. The topological polar surface area (TPSA) is 84.4 Å². The summed E-state index contributed by atoms with van der Waals surface area (Å²) in [6.07, 6.45) is 0. The number of ether oxygens (including phenoxy) is 1. The molecule has 0 radical (unpaired) electrons. The minimum Gasteiger partial charge on any atom is -0.494 e. The summed E-state index contributed by atoms with van der Waals surface area (Å²) in [6, 6.07) is 15.4. The molecule has 0 aliphatic rings. The van der Waals surface area contributed by atoms with E-state index in [4.69, 9.17) is 4.74 Å². The van der Waals surface area contributed by atoms with E-state index in [1.54, 1.807) is 29.6 Å². The van der Waals surface area contributed by atoms with Crippen LogP contribution in [-0.2, 0) is 4.79 Å². The van der Waals surface area contributed by atoms with Gasteiger partial charge in [-0.1, -0.05) is 34.8 Å². The second-order valence-electron chi connectivity index (χ2n) is 7.94. The van der Waals surface area contributed by atoms with Crippen molar-refractivity contribution in [3.8, 4) is 5.75 Å². The van der Waals surface area contributed by atoms with Gasteiger partial charge in [0.05, 0.1) is 6.61 Å². The highest BCUT2D eigenvalue weighted by Gasteiger charge is 2.35. The Balaban J connectivity index is 2.12. The minimum absolute atomic E-state index is 0.184. The highest BCUT2D eigenvalue weighted by atomic mass is 32.1. The maximum Gasteiger partial charge on any atom is 0.280 e. The lowest BCUT2D eigenvalue weighted by Gasteiger charge is -2.33. The second kappa shape index (κ2) is 9.70. The van der Waals surface area contributed by atoms with Crippen molar-refractivity contribution in [3.05, 3.63) is 71.2 Å². The van der Waals surface area contributed by atoms with Gasteiger partial charge >= 0.3 is 0 Å². The monoisotopic (exact) mass is 438 g/mol. The predicted molar refractivity (Wildman–Crippen MR) is 121 cm³/mol. The van der Waals surface area contributed by atoms with Crippen molar-refractivity contribution in [2.24, 2.45) is 0 Å². The predicted octanol–water partition coefficient (Wildman–Crippen LogP) is 4.24. The van der Waals surface area contributed by atoms with Crippen LogP contribution in [0.2, 0.25) is 0 Å². The van der Waals surface area contributed by atoms with Crippen molar-refractivity contribution in [3.63, 3.8) is 0 Å². The van der Waals surface area contributed by atoms with Gasteiger partial charge in [0.25, 0.3) is 5.91 Å². The van der Waals surface area contributed by atoms with Gasteiger partial charge < -0.3 is 10.1 Å². The summed E-state index contributed by atoms with van der Waals surface area (Å²) in [5.41, 5.74) is 0.956. The lowest BCUT2D eigenvalue weighted by Crippen LogP contribution is -2.49. The summed E-state index contributed by atoms with van der Waals surface area (Å²) >= 11 is 1.09. The third-order valence-electron chi connectivity index (χ3n) is 4.34. The molecule has 3 rings (SSSR count).